The number of rotatable bonds is 3. The van der Waals surface area contributed by atoms with Crippen LogP contribution >= 0.6 is 11.8 Å². The van der Waals surface area contributed by atoms with Crippen molar-refractivity contribution in [1.29, 1.82) is 0 Å². The zero-order chi connectivity index (χ0) is 15.6. The summed E-state index contributed by atoms with van der Waals surface area (Å²) in [7, 11) is -3.55. The number of carbonyl (C=O) groups excluding carboxylic acids is 1. The number of thioether (sulfide) groups is 1. The van der Waals surface area contributed by atoms with Gasteiger partial charge in [0.15, 0.2) is 0 Å². The molecule has 3 rings (SSSR count). The van der Waals surface area contributed by atoms with Crippen LogP contribution in [0.2, 0.25) is 0 Å². The van der Waals surface area contributed by atoms with E-state index in [1.165, 1.54) is 11.8 Å². The molecule has 2 aliphatic rings. The molecule has 1 atom stereocenters. The van der Waals surface area contributed by atoms with Gasteiger partial charge < -0.3 is 0 Å². The first-order valence-electron chi connectivity index (χ1n) is 7.83. The van der Waals surface area contributed by atoms with E-state index >= 15 is 0 Å². The molecule has 120 valence electrons. The summed E-state index contributed by atoms with van der Waals surface area (Å²) in [5.74, 6) is 0.459. The summed E-state index contributed by atoms with van der Waals surface area (Å²) in [6.07, 6.45) is 5.21. The molecule has 0 aromatic heterocycles. The lowest BCUT2D eigenvalue weighted by Crippen LogP contribution is -2.41. The Balaban J connectivity index is 1.75. The van der Waals surface area contributed by atoms with Crippen molar-refractivity contribution in [1.82, 2.24) is 4.72 Å². The third-order valence-electron chi connectivity index (χ3n) is 4.47. The van der Waals surface area contributed by atoms with Crippen LogP contribution in [0, 0.1) is 0 Å². The second kappa shape index (κ2) is 6.62. The molecular formula is C16H21NO3S2. The van der Waals surface area contributed by atoms with Gasteiger partial charge in [-0.15, -0.1) is 11.8 Å². The van der Waals surface area contributed by atoms with Crippen LogP contribution in [0.25, 0.3) is 0 Å². The third-order valence-corrected chi connectivity index (χ3v) is 7.54. The van der Waals surface area contributed by atoms with Crippen LogP contribution in [0.5, 0.6) is 0 Å². The maximum atomic E-state index is 12.5. The lowest BCUT2D eigenvalue weighted by molar-refractivity contribution is -0.119. The van der Waals surface area contributed by atoms with Gasteiger partial charge in [-0.25, -0.2) is 8.42 Å². The summed E-state index contributed by atoms with van der Waals surface area (Å²) < 4.78 is 27.2. The lowest BCUT2D eigenvalue weighted by atomic mass is 10.0. The Morgan fingerprint density at radius 2 is 1.86 bits per heavy atom. The molecule has 1 amide bonds. The molecule has 1 saturated carbocycles. The average Bonchev–Trinajstić information content (AvgIpc) is 2.54. The van der Waals surface area contributed by atoms with Crippen LogP contribution in [0.3, 0.4) is 0 Å². The minimum absolute atomic E-state index is 0.386. The van der Waals surface area contributed by atoms with Crippen LogP contribution in [-0.4, -0.2) is 25.3 Å². The molecule has 0 bridgehead atoms. The van der Waals surface area contributed by atoms with E-state index in [9.17, 15) is 13.2 Å². The second-order valence-corrected chi connectivity index (χ2v) is 9.14. The van der Waals surface area contributed by atoms with Gasteiger partial charge in [-0.2, -0.15) is 0 Å². The van der Waals surface area contributed by atoms with E-state index in [2.05, 4.69) is 4.72 Å². The Hall–Kier alpha value is -1.01. The second-order valence-electron chi connectivity index (χ2n) is 5.97. The Morgan fingerprint density at radius 1 is 1.14 bits per heavy atom. The fourth-order valence-corrected chi connectivity index (χ4v) is 6.05. The van der Waals surface area contributed by atoms with Crippen LogP contribution in [-0.2, 0) is 21.2 Å². The number of benzene rings is 1. The topological polar surface area (TPSA) is 63.2 Å². The van der Waals surface area contributed by atoms with Gasteiger partial charge in [0.2, 0.25) is 10.0 Å². The monoisotopic (exact) mass is 339 g/mol. The molecular weight excluding hydrogens is 318 g/mol. The van der Waals surface area contributed by atoms with E-state index in [0.29, 0.717) is 12.8 Å². The van der Waals surface area contributed by atoms with Crippen molar-refractivity contribution >= 4 is 27.7 Å². The summed E-state index contributed by atoms with van der Waals surface area (Å²) in [5.41, 5.74) is 2.10. The highest BCUT2D eigenvalue weighted by molar-refractivity contribution is 8.00. The summed E-state index contributed by atoms with van der Waals surface area (Å²) in [6, 6.07) is 7.81. The van der Waals surface area contributed by atoms with E-state index in [1.54, 1.807) is 0 Å². The number of fused-ring (bicyclic) bond motifs is 1. The number of hydrogen-bond donors (Lipinski definition) is 1. The molecule has 1 heterocycles. The largest absolute Gasteiger partial charge is 0.272 e. The van der Waals surface area contributed by atoms with E-state index in [0.717, 1.165) is 42.6 Å². The van der Waals surface area contributed by atoms with Gasteiger partial charge in [-0.3, -0.25) is 9.52 Å². The number of carbonyl (C=O) groups is 1. The fraction of sp³-hybridized carbons (Fsp3) is 0.562. The first-order chi connectivity index (χ1) is 10.6. The van der Waals surface area contributed by atoms with Gasteiger partial charge in [-0.1, -0.05) is 43.5 Å². The Kier molecular flexibility index (Phi) is 4.78. The molecule has 0 radical (unpaired) electrons. The van der Waals surface area contributed by atoms with Gasteiger partial charge in [0.25, 0.3) is 5.91 Å². The minimum atomic E-state index is -3.55. The normalized spacial score (nSPS) is 22.8. The van der Waals surface area contributed by atoms with Gasteiger partial charge >= 0.3 is 0 Å². The lowest BCUT2D eigenvalue weighted by Gasteiger charge is -2.26. The molecule has 1 aromatic rings. The Bertz CT molecular complexity index is 651. The molecule has 22 heavy (non-hydrogen) atoms. The molecule has 1 fully saturated rings. The zero-order valence-electron chi connectivity index (χ0n) is 12.5. The van der Waals surface area contributed by atoms with Crippen molar-refractivity contribution < 1.29 is 13.2 Å². The van der Waals surface area contributed by atoms with Crippen LogP contribution in [0.4, 0.5) is 0 Å². The third kappa shape index (κ3) is 3.33. The predicted molar refractivity (Wildman–Crippen MR) is 89.3 cm³/mol. The molecule has 1 aliphatic carbocycles. The van der Waals surface area contributed by atoms with Gasteiger partial charge in [0, 0.05) is 0 Å². The summed E-state index contributed by atoms with van der Waals surface area (Å²) >= 11 is 1.52. The average molecular weight is 339 g/mol. The molecule has 1 aromatic carbocycles. The highest BCUT2D eigenvalue weighted by atomic mass is 32.2. The molecule has 6 heteroatoms. The SMILES string of the molecule is O=C(NS(=O)(=O)C1CCCCC1)[C@H]1SCCc2ccccc21. The number of hydrogen-bond acceptors (Lipinski definition) is 4. The molecule has 0 unspecified atom stereocenters. The Morgan fingerprint density at radius 3 is 2.64 bits per heavy atom. The number of amides is 1. The highest BCUT2D eigenvalue weighted by Gasteiger charge is 2.33. The number of nitrogens with one attached hydrogen (secondary N) is 1. The van der Waals surface area contributed by atoms with Gasteiger partial charge in [0.1, 0.15) is 5.25 Å². The molecule has 1 aliphatic heterocycles. The van der Waals surface area contributed by atoms with Gasteiger partial charge in [-0.05, 0) is 36.1 Å². The van der Waals surface area contributed by atoms with Crippen molar-refractivity contribution in [2.24, 2.45) is 0 Å². The summed E-state index contributed by atoms with van der Waals surface area (Å²) in [4.78, 5) is 12.5. The first-order valence-corrected chi connectivity index (χ1v) is 10.4. The maximum Gasteiger partial charge on any atom is 0.251 e. The smallest absolute Gasteiger partial charge is 0.251 e. The molecule has 1 N–H and O–H groups in total. The maximum absolute atomic E-state index is 12.5. The van der Waals surface area contributed by atoms with E-state index in [1.807, 2.05) is 24.3 Å². The van der Waals surface area contributed by atoms with E-state index < -0.39 is 20.5 Å². The van der Waals surface area contributed by atoms with Crippen molar-refractivity contribution in [2.75, 3.05) is 5.75 Å². The van der Waals surface area contributed by atoms with Crippen molar-refractivity contribution in [3.8, 4) is 0 Å². The summed E-state index contributed by atoms with van der Waals surface area (Å²) in [5, 5.41) is -0.822. The number of sulfonamides is 1. The van der Waals surface area contributed by atoms with Gasteiger partial charge in [0.05, 0.1) is 5.25 Å². The summed E-state index contributed by atoms with van der Waals surface area (Å²) in [6.45, 7) is 0. The van der Waals surface area contributed by atoms with E-state index in [-0.39, 0.29) is 5.91 Å². The molecule has 0 saturated heterocycles. The van der Waals surface area contributed by atoms with E-state index in [4.69, 9.17) is 0 Å². The first kappa shape index (κ1) is 15.9. The van der Waals surface area contributed by atoms with Crippen molar-refractivity contribution in [3.05, 3.63) is 35.4 Å². The quantitative estimate of drug-likeness (QED) is 0.920. The predicted octanol–water partition coefficient (Wildman–Crippen LogP) is 2.80. The van der Waals surface area contributed by atoms with Crippen molar-refractivity contribution in [2.45, 2.75) is 49.0 Å². The molecule has 4 nitrogen and oxygen atoms in total. The van der Waals surface area contributed by atoms with Crippen LogP contribution in [0.1, 0.15) is 48.5 Å². The zero-order valence-corrected chi connectivity index (χ0v) is 14.1. The Labute approximate surface area is 136 Å². The minimum Gasteiger partial charge on any atom is -0.272 e. The number of aryl methyl sites for hydroxylation is 1. The molecule has 0 spiro atoms. The van der Waals surface area contributed by atoms with Crippen LogP contribution in [0.15, 0.2) is 24.3 Å². The fourth-order valence-electron chi connectivity index (χ4n) is 3.26. The highest BCUT2D eigenvalue weighted by Crippen LogP contribution is 2.37. The van der Waals surface area contributed by atoms with Crippen LogP contribution < -0.4 is 4.72 Å². The standard InChI is InChI=1S/C16H21NO3S2/c18-16(17-22(19,20)13-7-2-1-3-8-13)15-14-9-5-4-6-12(14)10-11-21-15/h4-6,9,13,15H,1-3,7-8,10-11H2,(H,17,18)/t15-/m0/s1. The van der Waals surface area contributed by atoms with Crippen molar-refractivity contribution in [3.63, 3.8) is 0 Å².